The highest BCUT2D eigenvalue weighted by molar-refractivity contribution is 5.71. The van der Waals surface area contributed by atoms with E-state index in [0.29, 0.717) is 19.3 Å². The maximum Gasteiger partial charge on any atom is 0.306 e. The van der Waals surface area contributed by atoms with Crippen LogP contribution in [0.1, 0.15) is 304 Å². The summed E-state index contributed by atoms with van der Waals surface area (Å²) in [7, 11) is 0. The lowest BCUT2D eigenvalue weighted by atomic mass is 10.0. The highest BCUT2D eigenvalue weighted by atomic mass is 16.6. The van der Waals surface area contributed by atoms with E-state index in [4.69, 9.17) is 14.2 Å². The second-order valence-corrected chi connectivity index (χ2v) is 19.8. The maximum absolute atomic E-state index is 12.8. The largest absolute Gasteiger partial charge is 0.462 e. The molecule has 1 atom stereocenters. The Hall–Kier alpha value is -1.59. The van der Waals surface area contributed by atoms with Gasteiger partial charge in [-0.1, -0.05) is 266 Å². The molecule has 0 heterocycles. The minimum Gasteiger partial charge on any atom is -0.462 e. The second-order valence-electron chi connectivity index (χ2n) is 19.8. The van der Waals surface area contributed by atoms with Gasteiger partial charge in [-0.05, 0) is 31.1 Å². The van der Waals surface area contributed by atoms with Crippen LogP contribution in [0.5, 0.6) is 0 Å². The first-order valence-electron chi connectivity index (χ1n) is 27.2. The standard InChI is InChI=1S/C55H106O6/c1-6-7-8-9-10-11-12-13-14-15-16-17-18-19-25-30-35-40-45-53(56)59-48-52(49-60-54(57)46-41-36-31-27-22-24-29-34-39-44-51(4)5)61-55(58)47-42-37-32-26-21-20-23-28-33-38-43-50(2)3/h50-52H,6-49H2,1-5H3/t52-/m1/s1. The van der Waals surface area contributed by atoms with E-state index >= 15 is 0 Å². The predicted molar refractivity (Wildman–Crippen MR) is 261 cm³/mol. The van der Waals surface area contributed by atoms with Crippen molar-refractivity contribution in [1.29, 1.82) is 0 Å². The highest BCUT2D eigenvalue weighted by Crippen LogP contribution is 2.18. The third kappa shape index (κ3) is 49.3. The van der Waals surface area contributed by atoms with Crippen molar-refractivity contribution in [2.24, 2.45) is 11.8 Å². The SMILES string of the molecule is CCCCCCCCCCCCCCCCCCCCC(=O)OC[C@H](COC(=O)CCCCCCCCCCCC(C)C)OC(=O)CCCCCCCCCCCCC(C)C. The van der Waals surface area contributed by atoms with Crippen molar-refractivity contribution in [2.75, 3.05) is 13.2 Å². The average molecular weight is 863 g/mol. The first kappa shape index (κ1) is 59.4. The molecule has 0 rings (SSSR count). The maximum atomic E-state index is 12.8. The average Bonchev–Trinajstić information content (AvgIpc) is 3.23. The number of rotatable bonds is 49. The summed E-state index contributed by atoms with van der Waals surface area (Å²) in [6.07, 6.45) is 49.5. The first-order valence-corrected chi connectivity index (χ1v) is 27.2. The zero-order chi connectivity index (χ0) is 44.7. The Morgan fingerprint density at radius 1 is 0.311 bits per heavy atom. The number of carbonyl (C=O) groups is 3. The van der Waals surface area contributed by atoms with E-state index in [1.807, 2.05) is 0 Å². The highest BCUT2D eigenvalue weighted by Gasteiger charge is 2.19. The molecule has 0 aliphatic rings. The molecule has 0 unspecified atom stereocenters. The molecule has 0 fully saturated rings. The molecule has 0 radical (unpaired) electrons. The zero-order valence-corrected chi connectivity index (χ0v) is 41.8. The Labute approximate surface area is 380 Å². The normalized spacial score (nSPS) is 12.0. The summed E-state index contributed by atoms with van der Waals surface area (Å²) in [5.74, 6) is 0.778. The summed E-state index contributed by atoms with van der Waals surface area (Å²) < 4.78 is 16.8. The van der Waals surface area contributed by atoms with E-state index in [2.05, 4.69) is 34.6 Å². The molecular weight excluding hydrogens is 757 g/mol. The summed E-state index contributed by atoms with van der Waals surface area (Å²) in [5.41, 5.74) is 0. The van der Waals surface area contributed by atoms with Crippen molar-refractivity contribution >= 4 is 17.9 Å². The Bertz CT molecular complexity index is 931. The van der Waals surface area contributed by atoms with E-state index in [1.54, 1.807) is 0 Å². The fraction of sp³-hybridized carbons (Fsp3) is 0.945. The Kier molecular flexibility index (Phi) is 46.6. The van der Waals surface area contributed by atoms with E-state index in [-0.39, 0.29) is 31.1 Å². The Morgan fingerprint density at radius 2 is 0.541 bits per heavy atom. The van der Waals surface area contributed by atoms with Crippen LogP contribution < -0.4 is 0 Å². The van der Waals surface area contributed by atoms with E-state index in [0.717, 1.165) is 69.6 Å². The Morgan fingerprint density at radius 3 is 0.803 bits per heavy atom. The lowest BCUT2D eigenvalue weighted by molar-refractivity contribution is -0.167. The van der Waals surface area contributed by atoms with Crippen molar-refractivity contribution in [2.45, 2.75) is 310 Å². The van der Waals surface area contributed by atoms with Gasteiger partial charge in [0.25, 0.3) is 0 Å². The molecule has 0 aliphatic carbocycles. The van der Waals surface area contributed by atoms with Gasteiger partial charge in [-0.25, -0.2) is 0 Å². The summed E-state index contributed by atoms with van der Waals surface area (Å²) in [5, 5.41) is 0. The molecule has 0 amide bonds. The molecule has 0 bridgehead atoms. The smallest absolute Gasteiger partial charge is 0.306 e. The molecule has 6 heteroatoms. The molecule has 61 heavy (non-hydrogen) atoms. The minimum absolute atomic E-state index is 0.0636. The van der Waals surface area contributed by atoms with Gasteiger partial charge in [0, 0.05) is 19.3 Å². The quantitative estimate of drug-likeness (QED) is 0.0344. The number of carbonyl (C=O) groups excluding carboxylic acids is 3. The number of hydrogen-bond donors (Lipinski definition) is 0. The van der Waals surface area contributed by atoms with Gasteiger partial charge >= 0.3 is 17.9 Å². The number of ether oxygens (including phenoxy) is 3. The lowest BCUT2D eigenvalue weighted by Gasteiger charge is -2.18. The molecule has 0 spiro atoms. The van der Waals surface area contributed by atoms with Crippen LogP contribution in [-0.4, -0.2) is 37.2 Å². The van der Waals surface area contributed by atoms with Gasteiger partial charge in [0.15, 0.2) is 6.10 Å². The Balaban J connectivity index is 4.27. The van der Waals surface area contributed by atoms with Crippen LogP contribution in [0.4, 0.5) is 0 Å². The fourth-order valence-corrected chi connectivity index (χ4v) is 8.34. The third-order valence-corrected chi connectivity index (χ3v) is 12.5. The van der Waals surface area contributed by atoms with Gasteiger partial charge < -0.3 is 14.2 Å². The summed E-state index contributed by atoms with van der Waals surface area (Å²) in [4.78, 5) is 38.0. The van der Waals surface area contributed by atoms with Gasteiger partial charge in [-0.3, -0.25) is 14.4 Å². The number of esters is 3. The second kappa shape index (κ2) is 47.9. The van der Waals surface area contributed by atoms with Crippen LogP contribution in [0.2, 0.25) is 0 Å². The van der Waals surface area contributed by atoms with Crippen molar-refractivity contribution < 1.29 is 28.6 Å². The van der Waals surface area contributed by atoms with E-state index in [9.17, 15) is 14.4 Å². The number of hydrogen-bond acceptors (Lipinski definition) is 6. The summed E-state index contributed by atoms with van der Waals surface area (Å²) in [6.45, 7) is 11.4. The van der Waals surface area contributed by atoms with E-state index < -0.39 is 6.10 Å². The van der Waals surface area contributed by atoms with Crippen LogP contribution in [-0.2, 0) is 28.6 Å². The van der Waals surface area contributed by atoms with Gasteiger partial charge in [0.1, 0.15) is 13.2 Å². The lowest BCUT2D eigenvalue weighted by Crippen LogP contribution is -2.30. The van der Waals surface area contributed by atoms with Crippen molar-refractivity contribution in [3.63, 3.8) is 0 Å². The van der Waals surface area contributed by atoms with Gasteiger partial charge in [-0.15, -0.1) is 0 Å². The molecule has 0 aromatic rings. The molecule has 0 saturated carbocycles. The molecule has 0 aliphatic heterocycles. The molecule has 0 aromatic heterocycles. The monoisotopic (exact) mass is 863 g/mol. The molecule has 0 N–H and O–H groups in total. The molecule has 362 valence electrons. The minimum atomic E-state index is -0.762. The summed E-state index contributed by atoms with van der Waals surface area (Å²) in [6, 6.07) is 0. The van der Waals surface area contributed by atoms with Crippen LogP contribution in [0.25, 0.3) is 0 Å². The number of unbranched alkanes of at least 4 members (excludes halogenated alkanes) is 34. The molecule has 6 nitrogen and oxygen atoms in total. The first-order chi connectivity index (χ1) is 29.7. The topological polar surface area (TPSA) is 78.9 Å². The zero-order valence-electron chi connectivity index (χ0n) is 41.8. The van der Waals surface area contributed by atoms with Crippen molar-refractivity contribution in [1.82, 2.24) is 0 Å². The molecule has 0 saturated heterocycles. The fourth-order valence-electron chi connectivity index (χ4n) is 8.34. The van der Waals surface area contributed by atoms with Gasteiger partial charge in [-0.2, -0.15) is 0 Å². The molecular formula is C55H106O6. The van der Waals surface area contributed by atoms with Crippen LogP contribution >= 0.6 is 0 Å². The van der Waals surface area contributed by atoms with E-state index in [1.165, 1.54) is 193 Å². The molecule has 0 aromatic carbocycles. The van der Waals surface area contributed by atoms with Crippen LogP contribution in [0, 0.1) is 11.8 Å². The van der Waals surface area contributed by atoms with Crippen molar-refractivity contribution in [3.8, 4) is 0 Å². The third-order valence-electron chi connectivity index (χ3n) is 12.5. The van der Waals surface area contributed by atoms with Gasteiger partial charge in [0.2, 0.25) is 0 Å². The van der Waals surface area contributed by atoms with Crippen molar-refractivity contribution in [3.05, 3.63) is 0 Å². The predicted octanol–water partition coefficient (Wildman–Crippen LogP) is 17.7. The van der Waals surface area contributed by atoms with Crippen LogP contribution in [0.15, 0.2) is 0 Å². The summed E-state index contributed by atoms with van der Waals surface area (Å²) >= 11 is 0. The van der Waals surface area contributed by atoms with Gasteiger partial charge in [0.05, 0.1) is 0 Å². The van der Waals surface area contributed by atoms with Crippen LogP contribution in [0.3, 0.4) is 0 Å².